The maximum Gasteiger partial charge on any atom is 0.268 e. The highest BCUT2D eigenvalue weighted by Crippen LogP contribution is 2.24. The summed E-state index contributed by atoms with van der Waals surface area (Å²) in [5.74, 6) is -0.169. The van der Waals surface area contributed by atoms with E-state index in [1.54, 1.807) is 10.6 Å². The summed E-state index contributed by atoms with van der Waals surface area (Å²) < 4.78 is 1.76. The van der Waals surface area contributed by atoms with Gasteiger partial charge in [0, 0.05) is 32.4 Å². The Kier molecular flexibility index (Phi) is 4.68. The Morgan fingerprint density at radius 1 is 1.43 bits per heavy atom. The lowest BCUT2D eigenvalue weighted by molar-refractivity contribution is -0.126. The van der Waals surface area contributed by atoms with Crippen molar-refractivity contribution < 1.29 is 14.7 Å². The second-order valence-corrected chi connectivity index (χ2v) is 6.39. The summed E-state index contributed by atoms with van der Waals surface area (Å²) in [6.45, 7) is 1.68. The van der Waals surface area contributed by atoms with Gasteiger partial charge in [-0.05, 0) is 31.4 Å². The number of carbonyl (C=O) groups excluding carboxylic acids is 2. The summed E-state index contributed by atoms with van der Waals surface area (Å²) in [6.07, 6.45) is 3.71. The van der Waals surface area contributed by atoms with E-state index in [4.69, 9.17) is 0 Å². The highest BCUT2D eigenvalue weighted by atomic mass is 16.3. The van der Waals surface area contributed by atoms with Gasteiger partial charge in [0.05, 0.1) is 18.7 Å². The molecule has 7 nitrogen and oxygen atoms in total. The van der Waals surface area contributed by atoms with Crippen molar-refractivity contribution in [1.82, 2.24) is 20.1 Å². The molecule has 7 heteroatoms. The number of nitrogens with zero attached hydrogens (tertiary/aromatic N) is 2. The fraction of sp³-hybridized carbons (Fsp3) is 0.625. The quantitative estimate of drug-likeness (QED) is 0.699. The number of aliphatic hydroxyl groups excluding tert-OH is 1. The molecule has 3 rings (SSSR count). The van der Waals surface area contributed by atoms with Crippen molar-refractivity contribution >= 4 is 11.8 Å². The molecule has 0 spiro atoms. The molecule has 0 aromatic carbocycles. The number of nitrogens with one attached hydrogen (secondary N) is 2. The van der Waals surface area contributed by atoms with E-state index in [9.17, 15) is 14.7 Å². The average molecular weight is 320 g/mol. The number of amides is 2. The first-order chi connectivity index (χ1) is 11.1. The zero-order valence-electron chi connectivity index (χ0n) is 13.4. The van der Waals surface area contributed by atoms with Gasteiger partial charge in [-0.1, -0.05) is 0 Å². The Morgan fingerprint density at radius 2 is 2.26 bits per heavy atom. The molecule has 1 aromatic heterocycles. The van der Waals surface area contributed by atoms with Crippen molar-refractivity contribution in [1.29, 1.82) is 0 Å². The van der Waals surface area contributed by atoms with Crippen LogP contribution in [0.2, 0.25) is 0 Å². The molecule has 3 N–H and O–H groups in total. The van der Waals surface area contributed by atoms with Gasteiger partial charge in [-0.3, -0.25) is 14.5 Å². The SMILES string of the molecule is Cn1cccc1C(=O)N[C@@H]1CCC[C@@H](N2CCNC(=O)C2)[C@@H]1O. The Hall–Kier alpha value is -1.86. The lowest BCUT2D eigenvalue weighted by Crippen LogP contribution is -2.60. The van der Waals surface area contributed by atoms with Gasteiger partial charge in [-0.15, -0.1) is 0 Å². The molecular formula is C16H24N4O3. The smallest absolute Gasteiger partial charge is 0.268 e. The Balaban J connectivity index is 1.65. The van der Waals surface area contributed by atoms with Gasteiger partial charge in [-0.2, -0.15) is 0 Å². The zero-order chi connectivity index (χ0) is 16.4. The first kappa shape index (κ1) is 16.0. The first-order valence-electron chi connectivity index (χ1n) is 8.17. The van der Waals surface area contributed by atoms with E-state index in [-0.39, 0.29) is 23.9 Å². The number of rotatable bonds is 3. The fourth-order valence-electron chi connectivity index (χ4n) is 3.59. The summed E-state index contributed by atoms with van der Waals surface area (Å²) in [5.41, 5.74) is 0.580. The highest BCUT2D eigenvalue weighted by molar-refractivity contribution is 5.93. The summed E-state index contributed by atoms with van der Waals surface area (Å²) in [7, 11) is 1.82. The van der Waals surface area contributed by atoms with Crippen LogP contribution in [0.3, 0.4) is 0 Å². The van der Waals surface area contributed by atoms with Crippen LogP contribution in [-0.4, -0.2) is 64.2 Å². The Labute approximate surface area is 135 Å². The predicted molar refractivity (Wildman–Crippen MR) is 84.9 cm³/mol. The third-order valence-electron chi connectivity index (χ3n) is 4.85. The molecule has 1 aromatic rings. The molecule has 3 atom stereocenters. The van der Waals surface area contributed by atoms with Gasteiger partial charge >= 0.3 is 0 Å². The number of piperazine rings is 1. The van der Waals surface area contributed by atoms with E-state index < -0.39 is 6.10 Å². The van der Waals surface area contributed by atoms with E-state index in [0.29, 0.717) is 18.8 Å². The average Bonchev–Trinajstić information content (AvgIpc) is 2.95. The molecule has 1 aliphatic carbocycles. The van der Waals surface area contributed by atoms with Gasteiger partial charge in [0.25, 0.3) is 5.91 Å². The first-order valence-corrected chi connectivity index (χ1v) is 8.17. The number of hydrogen-bond acceptors (Lipinski definition) is 4. The van der Waals surface area contributed by atoms with Gasteiger partial charge in [0.15, 0.2) is 0 Å². The highest BCUT2D eigenvalue weighted by Gasteiger charge is 2.37. The maximum absolute atomic E-state index is 12.4. The van der Waals surface area contributed by atoms with Crippen molar-refractivity contribution in [3.8, 4) is 0 Å². The topological polar surface area (TPSA) is 86.6 Å². The predicted octanol–water partition coefficient (Wildman–Crippen LogP) is -0.531. The van der Waals surface area contributed by atoms with Crippen LogP contribution in [-0.2, 0) is 11.8 Å². The molecule has 1 aliphatic heterocycles. The third-order valence-corrected chi connectivity index (χ3v) is 4.85. The second-order valence-electron chi connectivity index (χ2n) is 6.39. The van der Waals surface area contributed by atoms with Crippen molar-refractivity contribution in [3.63, 3.8) is 0 Å². The molecule has 2 heterocycles. The summed E-state index contributed by atoms with van der Waals surface area (Å²) in [4.78, 5) is 26.0. The van der Waals surface area contributed by atoms with Crippen molar-refractivity contribution in [2.24, 2.45) is 7.05 Å². The maximum atomic E-state index is 12.4. The van der Waals surface area contributed by atoms with Crippen molar-refractivity contribution in [2.75, 3.05) is 19.6 Å². The van der Waals surface area contributed by atoms with E-state index in [2.05, 4.69) is 10.6 Å². The monoisotopic (exact) mass is 320 g/mol. The van der Waals surface area contributed by atoms with Crippen LogP contribution in [0.15, 0.2) is 18.3 Å². The minimum Gasteiger partial charge on any atom is -0.389 e. The molecule has 1 saturated carbocycles. The van der Waals surface area contributed by atoms with Crippen molar-refractivity contribution in [3.05, 3.63) is 24.0 Å². The molecule has 0 radical (unpaired) electrons. The molecule has 1 saturated heterocycles. The van der Waals surface area contributed by atoms with Gasteiger partial charge < -0.3 is 20.3 Å². The number of aliphatic hydroxyl groups is 1. The molecule has 0 bridgehead atoms. The lowest BCUT2D eigenvalue weighted by Gasteiger charge is -2.42. The van der Waals surface area contributed by atoms with E-state index in [1.165, 1.54) is 0 Å². The minimum atomic E-state index is -0.654. The van der Waals surface area contributed by atoms with Crippen LogP contribution in [0.1, 0.15) is 29.8 Å². The van der Waals surface area contributed by atoms with Gasteiger partial charge in [0.2, 0.25) is 5.91 Å². The minimum absolute atomic E-state index is 0.00146. The third kappa shape index (κ3) is 3.40. The Bertz CT molecular complexity index is 586. The number of aromatic nitrogens is 1. The Morgan fingerprint density at radius 3 is 2.96 bits per heavy atom. The van der Waals surface area contributed by atoms with Crippen LogP contribution >= 0.6 is 0 Å². The second kappa shape index (κ2) is 6.72. The molecule has 23 heavy (non-hydrogen) atoms. The fourth-order valence-corrected chi connectivity index (χ4v) is 3.59. The lowest BCUT2D eigenvalue weighted by atomic mass is 9.86. The molecule has 2 fully saturated rings. The molecule has 2 amide bonds. The summed E-state index contributed by atoms with van der Waals surface area (Å²) in [6, 6.07) is 3.23. The van der Waals surface area contributed by atoms with E-state index >= 15 is 0 Å². The van der Waals surface area contributed by atoms with E-state index in [1.807, 2.05) is 24.2 Å². The van der Waals surface area contributed by atoms with Crippen LogP contribution < -0.4 is 10.6 Å². The molecule has 0 unspecified atom stereocenters. The summed E-state index contributed by atoms with van der Waals surface area (Å²) >= 11 is 0. The van der Waals surface area contributed by atoms with Crippen LogP contribution in [0.4, 0.5) is 0 Å². The molecule has 2 aliphatic rings. The number of carbonyl (C=O) groups is 2. The zero-order valence-corrected chi connectivity index (χ0v) is 13.4. The number of aryl methyl sites for hydroxylation is 1. The molecule has 126 valence electrons. The van der Waals surface area contributed by atoms with Gasteiger partial charge in [0.1, 0.15) is 5.69 Å². The standard InChI is InChI=1S/C16H24N4O3/c1-19-8-3-6-13(19)16(23)18-11-4-2-5-12(15(11)22)20-9-7-17-14(21)10-20/h3,6,8,11-12,15,22H,2,4-5,7,9-10H2,1H3,(H,17,21)(H,18,23)/t11-,12-,15-/m1/s1. The van der Waals surface area contributed by atoms with Crippen LogP contribution in [0, 0.1) is 0 Å². The van der Waals surface area contributed by atoms with Crippen LogP contribution in [0.5, 0.6) is 0 Å². The van der Waals surface area contributed by atoms with Gasteiger partial charge in [-0.25, -0.2) is 0 Å². The number of hydrogen-bond donors (Lipinski definition) is 3. The summed E-state index contributed by atoms with van der Waals surface area (Å²) in [5, 5.41) is 16.4. The van der Waals surface area contributed by atoms with Crippen LogP contribution in [0.25, 0.3) is 0 Å². The largest absolute Gasteiger partial charge is 0.389 e. The molecular weight excluding hydrogens is 296 g/mol. The van der Waals surface area contributed by atoms with E-state index in [0.717, 1.165) is 25.8 Å². The normalized spacial score (nSPS) is 29.1. The van der Waals surface area contributed by atoms with Crippen molar-refractivity contribution in [2.45, 2.75) is 37.5 Å².